The predicted octanol–water partition coefficient (Wildman–Crippen LogP) is 4.13. The quantitative estimate of drug-likeness (QED) is 0.649. The van der Waals surface area contributed by atoms with Crippen molar-refractivity contribution in [3.05, 3.63) is 69.7 Å². The van der Waals surface area contributed by atoms with E-state index >= 15 is 0 Å². The summed E-state index contributed by atoms with van der Waals surface area (Å²) in [7, 11) is 1.57. The molecule has 0 N–H and O–H groups in total. The Morgan fingerprint density at radius 1 is 1.16 bits per heavy atom. The van der Waals surface area contributed by atoms with Gasteiger partial charge in [-0.15, -0.1) is 0 Å². The predicted molar refractivity (Wildman–Crippen MR) is 122 cm³/mol. The van der Waals surface area contributed by atoms with Gasteiger partial charge in [-0.1, -0.05) is 35.9 Å². The lowest BCUT2D eigenvalue weighted by atomic mass is 9.96. The minimum atomic E-state index is -0.252. The molecule has 3 rings (SSSR count). The van der Waals surface area contributed by atoms with E-state index in [0.717, 1.165) is 16.8 Å². The first kappa shape index (κ1) is 23.0. The second-order valence-electron chi connectivity index (χ2n) is 7.79. The molecule has 0 aliphatic carbocycles. The van der Waals surface area contributed by atoms with Crippen molar-refractivity contribution in [1.82, 2.24) is 9.91 Å². The minimum Gasteiger partial charge on any atom is -0.383 e. The van der Waals surface area contributed by atoms with Crippen molar-refractivity contribution in [3.63, 3.8) is 0 Å². The highest BCUT2D eigenvalue weighted by Gasteiger charge is 2.34. The molecule has 0 aromatic heterocycles. The maximum atomic E-state index is 13.2. The monoisotopic (exact) mass is 441 g/mol. The number of methoxy groups -OCH3 is 1. The van der Waals surface area contributed by atoms with E-state index in [1.807, 2.05) is 30.3 Å². The molecule has 0 saturated carbocycles. The number of hydrogen-bond donors (Lipinski definition) is 0. The van der Waals surface area contributed by atoms with E-state index in [1.54, 1.807) is 7.11 Å². The van der Waals surface area contributed by atoms with Crippen molar-refractivity contribution < 1.29 is 14.3 Å². The molecule has 0 spiro atoms. The molecule has 6 nitrogen and oxygen atoms in total. The maximum Gasteiger partial charge on any atom is 0.262 e. The van der Waals surface area contributed by atoms with Gasteiger partial charge in [0.05, 0.1) is 18.4 Å². The molecule has 164 valence electrons. The van der Waals surface area contributed by atoms with Gasteiger partial charge in [-0.05, 0) is 54.3 Å². The lowest BCUT2D eigenvalue weighted by Gasteiger charge is -2.26. The summed E-state index contributed by atoms with van der Waals surface area (Å²) in [5, 5.41) is 6.85. The Bertz CT molecular complexity index is 988. The van der Waals surface area contributed by atoms with E-state index in [2.05, 4.69) is 26.0 Å². The van der Waals surface area contributed by atoms with Crippen LogP contribution in [0.4, 0.5) is 0 Å². The number of amides is 2. The third-order valence-corrected chi connectivity index (χ3v) is 5.85. The van der Waals surface area contributed by atoms with E-state index in [9.17, 15) is 9.59 Å². The van der Waals surface area contributed by atoms with Crippen LogP contribution in [0.1, 0.15) is 41.6 Å². The van der Waals surface area contributed by atoms with Gasteiger partial charge < -0.3 is 9.64 Å². The highest BCUT2D eigenvalue weighted by Crippen LogP contribution is 2.33. The van der Waals surface area contributed by atoms with Gasteiger partial charge in [0.2, 0.25) is 5.91 Å². The topological polar surface area (TPSA) is 62.2 Å². The number of halogens is 1. The Balaban J connectivity index is 1.91. The number of hydrazone groups is 1. The van der Waals surface area contributed by atoms with Gasteiger partial charge in [-0.2, -0.15) is 5.10 Å². The third kappa shape index (κ3) is 5.51. The van der Waals surface area contributed by atoms with Crippen molar-refractivity contribution >= 4 is 29.1 Å². The summed E-state index contributed by atoms with van der Waals surface area (Å²) in [6.07, 6.45) is 0.591. The Morgan fingerprint density at radius 3 is 2.48 bits per heavy atom. The molecule has 1 aliphatic rings. The number of nitrogens with zero attached hydrogens (tertiary/aromatic N) is 3. The van der Waals surface area contributed by atoms with Gasteiger partial charge in [0, 0.05) is 32.0 Å². The van der Waals surface area contributed by atoms with Crippen LogP contribution in [-0.2, 0) is 14.3 Å². The van der Waals surface area contributed by atoms with Crippen molar-refractivity contribution in [2.75, 3.05) is 26.8 Å². The standard InChI is InChI=1S/C24H28ClN3O3/c1-16-5-6-20(13-17(16)2)22-14-23(19-7-9-21(25)10-8-19)28(26-22)24(30)15-27(18(3)29)11-12-31-4/h5-10,13,23H,11-12,14-15H2,1-4H3/t23-/m1/s1. The first-order valence-corrected chi connectivity index (χ1v) is 10.6. The van der Waals surface area contributed by atoms with Crippen LogP contribution in [0.5, 0.6) is 0 Å². The van der Waals surface area contributed by atoms with E-state index in [0.29, 0.717) is 24.6 Å². The van der Waals surface area contributed by atoms with Crippen molar-refractivity contribution in [3.8, 4) is 0 Å². The van der Waals surface area contributed by atoms with Crippen LogP contribution in [0.25, 0.3) is 0 Å². The summed E-state index contributed by atoms with van der Waals surface area (Å²) in [4.78, 5) is 26.7. The van der Waals surface area contributed by atoms with Crippen molar-refractivity contribution in [2.45, 2.75) is 33.2 Å². The average molecular weight is 442 g/mol. The lowest BCUT2D eigenvalue weighted by Crippen LogP contribution is -2.41. The number of carbonyl (C=O) groups excluding carboxylic acids is 2. The molecule has 0 radical (unpaired) electrons. The van der Waals surface area contributed by atoms with Crippen LogP contribution in [0.15, 0.2) is 47.6 Å². The molecular formula is C24H28ClN3O3. The molecule has 1 atom stereocenters. The number of rotatable bonds is 7. The van der Waals surface area contributed by atoms with Crippen LogP contribution in [-0.4, -0.2) is 54.2 Å². The zero-order valence-corrected chi connectivity index (χ0v) is 19.1. The first-order chi connectivity index (χ1) is 14.8. The second-order valence-corrected chi connectivity index (χ2v) is 8.23. The van der Waals surface area contributed by atoms with Gasteiger partial charge >= 0.3 is 0 Å². The Hall–Kier alpha value is -2.70. The van der Waals surface area contributed by atoms with Crippen LogP contribution in [0.2, 0.25) is 5.02 Å². The van der Waals surface area contributed by atoms with Crippen molar-refractivity contribution in [2.24, 2.45) is 5.10 Å². The number of carbonyl (C=O) groups is 2. The molecule has 2 aromatic carbocycles. The number of aryl methyl sites for hydroxylation is 2. The molecule has 2 amide bonds. The molecule has 7 heteroatoms. The van der Waals surface area contributed by atoms with Crippen molar-refractivity contribution in [1.29, 1.82) is 0 Å². The smallest absolute Gasteiger partial charge is 0.262 e. The molecule has 0 bridgehead atoms. The summed E-state index contributed by atoms with van der Waals surface area (Å²) >= 11 is 6.06. The number of ether oxygens (including phenoxy) is 1. The summed E-state index contributed by atoms with van der Waals surface area (Å²) < 4.78 is 5.07. The van der Waals surface area contributed by atoms with E-state index in [1.165, 1.54) is 28.0 Å². The lowest BCUT2D eigenvalue weighted by molar-refractivity contribution is -0.141. The molecule has 0 saturated heterocycles. The fourth-order valence-corrected chi connectivity index (χ4v) is 3.69. The maximum absolute atomic E-state index is 13.2. The first-order valence-electron chi connectivity index (χ1n) is 10.3. The van der Waals surface area contributed by atoms with E-state index < -0.39 is 0 Å². The Morgan fingerprint density at radius 2 is 1.87 bits per heavy atom. The highest BCUT2D eigenvalue weighted by molar-refractivity contribution is 6.30. The van der Waals surface area contributed by atoms with Crippen LogP contribution in [0.3, 0.4) is 0 Å². The Labute approximate surface area is 188 Å². The zero-order chi connectivity index (χ0) is 22.5. The van der Waals surface area contributed by atoms with E-state index in [-0.39, 0.29) is 24.4 Å². The van der Waals surface area contributed by atoms with Gasteiger partial charge in [-0.25, -0.2) is 5.01 Å². The fourth-order valence-electron chi connectivity index (χ4n) is 3.57. The molecule has 31 heavy (non-hydrogen) atoms. The SMILES string of the molecule is COCCN(CC(=O)N1N=C(c2ccc(C)c(C)c2)C[C@@H]1c1ccc(Cl)cc1)C(C)=O. The van der Waals surface area contributed by atoms with E-state index in [4.69, 9.17) is 21.4 Å². The molecule has 2 aromatic rings. The normalized spacial score (nSPS) is 15.7. The van der Waals surface area contributed by atoms with Gasteiger partial charge in [-0.3, -0.25) is 9.59 Å². The van der Waals surface area contributed by atoms with Gasteiger partial charge in [0.15, 0.2) is 0 Å². The zero-order valence-electron chi connectivity index (χ0n) is 18.4. The average Bonchev–Trinajstić information content (AvgIpc) is 3.19. The second kappa shape index (κ2) is 10.1. The Kier molecular flexibility index (Phi) is 7.46. The third-order valence-electron chi connectivity index (χ3n) is 5.60. The number of hydrogen-bond acceptors (Lipinski definition) is 4. The summed E-state index contributed by atoms with van der Waals surface area (Å²) in [6, 6.07) is 13.4. The van der Waals surface area contributed by atoms with Gasteiger partial charge in [0.1, 0.15) is 6.54 Å². The summed E-state index contributed by atoms with van der Waals surface area (Å²) in [6.45, 7) is 6.25. The van der Waals surface area contributed by atoms with Crippen LogP contribution in [0, 0.1) is 13.8 Å². The summed E-state index contributed by atoms with van der Waals surface area (Å²) in [5.74, 6) is -0.406. The largest absolute Gasteiger partial charge is 0.383 e. The fraction of sp³-hybridized carbons (Fsp3) is 0.375. The molecule has 1 aliphatic heterocycles. The summed E-state index contributed by atoms with van der Waals surface area (Å²) in [5.41, 5.74) is 5.18. The number of benzene rings is 2. The molecule has 0 fully saturated rings. The highest BCUT2D eigenvalue weighted by atomic mass is 35.5. The molecule has 1 heterocycles. The molecular weight excluding hydrogens is 414 g/mol. The van der Waals surface area contributed by atoms with Crippen LogP contribution >= 0.6 is 11.6 Å². The molecule has 0 unspecified atom stereocenters. The minimum absolute atomic E-state index is 0.0491. The van der Waals surface area contributed by atoms with Crippen LogP contribution < -0.4 is 0 Å². The van der Waals surface area contributed by atoms with Gasteiger partial charge in [0.25, 0.3) is 5.91 Å².